The molecule has 0 spiro atoms. The van der Waals surface area contributed by atoms with Crippen molar-refractivity contribution in [1.29, 1.82) is 0 Å². The lowest BCUT2D eigenvalue weighted by atomic mass is 10.1. The van der Waals surface area contributed by atoms with Crippen LogP contribution in [0.5, 0.6) is 0 Å². The molecule has 114 valence electrons. The second-order valence-corrected chi connectivity index (χ2v) is 6.56. The maximum absolute atomic E-state index is 6.11. The Balaban J connectivity index is 1.58. The standard InChI is InChI=1S/C18H14ClN3S/c19-13-6-7-16-14(8-13)15(10-20-16)17-11-23-18(22-17)21-9-12-4-2-1-3-5-12/h1-8,10-11,20H,9H2,(H,21,22). The zero-order valence-corrected chi connectivity index (χ0v) is 13.8. The number of anilines is 1. The monoisotopic (exact) mass is 339 g/mol. The summed E-state index contributed by atoms with van der Waals surface area (Å²) in [5.74, 6) is 0. The Morgan fingerprint density at radius 2 is 2.00 bits per heavy atom. The molecule has 0 aliphatic carbocycles. The van der Waals surface area contributed by atoms with E-state index in [9.17, 15) is 0 Å². The van der Waals surface area contributed by atoms with Crippen molar-refractivity contribution in [3.63, 3.8) is 0 Å². The molecule has 0 radical (unpaired) electrons. The number of hydrogen-bond donors (Lipinski definition) is 2. The molecule has 0 aliphatic heterocycles. The van der Waals surface area contributed by atoms with Crippen LogP contribution in [0.25, 0.3) is 22.2 Å². The van der Waals surface area contributed by atoms with Crippen LogP contribution in [0.1, 0.15) is 5.56 Å². The molecule has 2 heterocycles. The number of aromatic amines is 1. The summed E-state index contributed by atoms with van der Waals surface area (Å²) in [5.41, 5.74) is 4.34. The Morgan fingerprint density at radius 3 is 2.87 bits per heavy atom. The van der Waals surface area contributed by atoms with Crippen LogP contribution < -0.4 is 5.32 Å². The second-order valence-electron chi connectivity index (χ2n) is 5.27. The minimum atomic E-state index is 0.732. The van der Waals surface area contributed by atoms with Gasteiger partial charge in [0.15, 0.2) is 5.13 Å². The smallest absolute Gasteiger partial charge is 0.183 e. The van der Waals surface area contributed by atoms with Crippen molar-refractivity contribution in [3.8, 4) is 11.3 Å². The third-order valence-electron chi connectivity index (χ3n) is 3.71. The van der Waals surface area contributed by atoms with E-state index in [1.54, 1.807) is 11.3 Å². The molecule has 0 saturated carbocycles. The van der Waals surface area contributed by atoms with E-state index in [0.717, 1.165) is 38.9 Å². The van der Waals surface area contributed by atoms with E-state index < -0.39 is 0 Å². The van der Waals surface area contributed by atoms with Gasteiger partial charge in [0, 0.05) is 39.6 Å². The van der Waals surface area contributed by atoms with Crippen LogP contribution in [0.4, 0.5) is 5.13 Å². The summed E-state index contributed by atoms with van der Waals surface area (Å²) < 4.78 is 0. The van der Waals surface area contributed by atoms with E-state index >= 15 is 0 Å². The van der Waals surface area contributed by atoms with Gasteiger partial charge >= 0.3 is 0 Å². The molecule has 5 heteroatoms. The van der Waals surface area contributed by atoms with Crippen LogP contribution in [0, 0.1) is 0 Å². The molecule has 0 bridgehead atoms. The van der Waals surface area contributed by atoms with Gasteiger partial charge in [0.05, 0.1) is 5.69 Å². The lowest BCUT2D eigenvalue weighted by molar-refractivity contribution is 1.14. The van der Waals surface area contributed by atoms with Crippen molar-refractivity contribution in [1.82, 2.24) is 9.97 Å². The molecular weight excluding hydrogens is 326 g/mol. The Labute approximate surface area is 143 Å². The lowest BCUT2D eigenvalue weighted by Gasteiger charge is -2.02. The maximum Gasteiger partial charge on any atom is 0.183 e. The normalized spacial score (nSPS) is 11.0. The van der Waals surface area contributed by atoms with E-state index in [-0.39, 0.29) is 0 Å². The molecule has 2 N–H and O–H groups in total. The fourth-order valence-corrected chi connectivity index (χ4v) is 3.44. The third kappa shape index (κ3) is 2.96. The highest BCUT2D eigenvalue weighted by Crippen LogP contribution is 2.32. The maximum atomic E-state index is 6.11. The van der Waals surface area contributed by atoms with Crippen molar-refractivity contribution in [2.45, 2.75) is 6.54 Å². The zero-order valence-electron chi connectivity index (χ0n) is 12.2. The Bertz CT molecular complexity index is 943. The third-order valence-corrected chi connectivity index (χ3v) is 4.75. The van der Waals surface area contributed by atoms with Crippen molar-refractivity contribution >= 4 is 39.0 Å². The van der Waals surface area contributed by atoms with E-state index in [4.69, 9.17) is 16.6 Å². The lowest BCUT2D eigenvalue weighted by Crippen LogP contribution is -1.98. The molecule has 0 saturated heterocycles. The van der Waals surface area contributed by atoms with Gasteiger partial charge in [-0.05, 0) is 23.8 Å². The van der Waals surface area contributed by atoms with E-state index in [2.05, 4.69) is 27.8 Å². The molecule has 0 aliphatic rings. The number of aromatic nitrogens is 2. The van der Waals surface area contributed by atoms with Gasteiger partial charge in [-0.3, -0.25) is 0 Å². The van der Waals surface area contributed by atoms with Crippen LogP contribution in [0.3, 0.4) is 0 Å². The summed E-state index contributed by atoms with van der Waals surface area (Å²) in [6.07, 6.45) is 1.98. The summed E-state index contributed by atoms with van der Waals surface area (Å²) in [5, 5.41) is 8.18. The van der Waals surface area contributed by atoms with Crippen LogP contribution in [0.15, 0.2) is 60.1 Å². The minimum absolute atomic E-state index is 0.732. The van der Waals surface area contributed by atoms with E-state index in [0.29, 0.717) is 0 Å². The summed E-state index contributed by atoms with van der Waals surface area (Å²) in [6, 6.07) is 16.2. The van der Waals surface area contributed by atoms with Gasteiger partial charge in [-0.2, -0.15) is 0 Å². The molecule has 0 unspecified atom stereocenters. The van der Waals surface area contributed by atoms with Gasteiger partial charge < -0.3 is 10.3 Å². The van der Waals surface area contributed by atoms with Gasteiger partial charge in [-0.25, -0.2) is 4.98 Å². The van der Waals surface area contributed by atoms with Crippen molar-refractivity contribution in [3.05, 3.63) is 70.7 Å². The molecular formula is C18H14ClN3S. The van der Waals surface area contributed by atoms with Gasteiger partial charge in [-0.1, -0.05) is 41.9 Å². The summed E-state index contributed by atoms with van der Waals surface area (Å²) in [6.45, 7) is 0.771. The molecule has 23 heavy (non-hydrogen) atoms. The molecule has 0 fully saturated rings. The molecule has 2 aromatic carbocycles. The van der Waals surface area contributed by atoms with Gasteiger partial charge in [0.1, 0.15) is 0 Å². The Hall–Kier alpha value is -2.30. The predicted molar refractivity (Wildman–Crippen MR) is 98.2 cm³/mol. The largest absolute Gasteiger partial charge is 0.360 e. The topological polar surface area (TPSA) is 40.7 Å². The van der Waals surface area contributed by atoms with Gasteiger partial charge in [0.25, 0.3) is 0 Å². The summed E-state index contributed by atoms with van der Waals surface area (Å²) in [4.78, 5) is 7.96. The molecule has 2 aromatic heterocycles. The van der Waals surface area contributed by atoms with Crippen LogP contribution in [-0.4, -0.2) is 9.97 Å². The van der Waals surface area contributed by atoms with Gasteiger partial charge in [-0.15, -0.1) is 11.3 Å². The van der Waals surface area contributed by atoms with E-state index in [1.807, 2.05) is 42.6 Å². The molecule has 4 aromatic rings. The number of nitrogens with zero attached hydrogens (tertiary/aromatic N) is 1. The number of fused-ring (bicyclic) bond motifs is 1. The average molecular weight is 340 g/mol. The zero-order chi connectivity index (χ0) is 15.6. The molecule has 0 atom stereocenters. The number of nitrogens with one attached hydrogen (secondary N) is 2. The summed E-state index contributed by atoms with van der Waals surface area (Å²) >= 11 is 7.72. The SMILES string of the molecule is Clc1ccc2[nH]cc(-c3csc(NCc4ccccc4)n3)c2c1. The fraction of sp³-hybridized carbons (Fsp3) is 0.0556. The summed E-state index contributed by atoms with van der Waals surface area (Å²) in [7, 11) is 0. The van der Waals surface area contributed by atoms with Crippen LogP contribution in [0.2, 0.25) is 5.02 Å². The van der Waals surface area contributed by atoms with Crippen molar-refractivity contribution in [2.75, 3.05) is 5.32 Å². The van der Waals surface area contributed by atoms with Crippen molar-refractivity contribution in [2.24, 2.45) is 0 Å². The average Bonchev–Trinajstić information content (AvgIpc) is 3.20. The number of halogens is 1. The Morgan fingerprint density at radius 1 is 1.13 bits per heavy atom. The number of thiazole rings is 1. The van der Waals surface area contributed by atoms with Crippen LogP contribution >= 0.6 is 22.9 Å². The first-order valence-electron chi connectivity index (χ1n) is 7.30. The second kappa shape index (κ2) is 6.07. The predicted octanol–water partition coefficient (Wildman–Crippen LogP) is 5.56. The number of benzene rings is 2. The Kier molecular flexibility index (Phi) is 3.77. The van der Waals surface area contributed by atoms with Crippen molar-refractivity contribution < 1.29 is 0 Å². The highest BCUT2D eigenvalue weighted by Gasteiger charge is 2.10. The molecule has 4 rings (SSSR count). The first kappa shape index (κ1) is 14.3. The number of H-pyrrole nitrogens is 1. The molecule has 0 amide bonds. The highest BCUT2D eigenvalue weighted by atomic mass is 35.5. The highest BCUT2D eigenvalue weighted by molar-refractivity contribution is 7.14. The number of hydrogen-bond acceptors (Lipinski definition) is 3. The van der Waals surface area contributed by atoms with Crippen LogP contribution in [-0.2, 0) is 6.54 Å². The van der Waals surface area contributed by atoms with E-state index in [1.165, 1.54) is 5.56 Å². The first-order chi connectivity index (χ1) is 11.3. The number of rotatable bonds is 4. The first-order valence-corrected chi connectivity index (χ1v) is 8.56. The quantitative estimate of drug-likeness (QED) is 0.511. The molecule has 3 nitrogen and oxygen atoms in total. The fourth-order valence-electron chi connectivity index (χ4n) is 2.56. The minimum Gasteiger partial charge on any atom is -0.360 e. The van der Waals surface area contributed by atoms with Gasteiger partial charge in [0.2, 0.25) is 0 Å².